The minimum absolute atomic E-state index is 0.0432. The fourth-order valence-corrected chi connectivity index (χ4v) is 5.64. The highest BCUT2D eigenvalue weighted by Gasteiger charge is 2.35. The molecule has 4 rings (SSSR count). The number of nitrogens with one attached hydrogen (secondary N) is 1. The van der Waals surface area contributed by atoms with Gasteiger partial charge >= 0.3 is 5.69 Å². The van der Waals surface area contributed by atoms with Gasteiger partial charge in [0.1, 0.15) is 21.9 Å². The number of aromatic nitrogens is 5. The normalized spacial score (nSPS) is 16.7. The average Bonchev–Trinajstić information content (AvgIpc) is 3.29. The van der Waals surface area contributed by atoms with Crippen molar-refractivity contribution < 1.29 is 12.9 Å². The van der Waals surface area contributed by atoms with Gasteiger partial charge in [-0.1, -0.05) is 5.16 Å². The van der Waals surface area contributed by atoms with Gasteiger partial charge in [0.2, 0.25) is 10.0 Å². The predicted molar refractivity (Wildman–Crippen MR) is 103 cm³/mol. The zero-order chi connectivity index (χ0) is 21.1. The van der Waals surface area contributed by atoms with Crippen molar-refractivity contribution >= 4 is 21.2 Å². The molecule has 156 valence electrons. The van der Waals surface area contributed by atoms with E-state index in [9.17, 15) is 18.0 Å². The quantitative estimate of drug-likeness (QED) is 0.634. The minimum atomic E-state index is -3.69. The van der Waals surface area contributed by atoms with Gasteiger partial charge in [-0.25, -0.2) is 18.2 Å². The van der Waals surface area contributed by atoms with Gasteiger partial charge in [0.15, 0.2) is 11.4 Å². The van der Waals surface area contributed by atoms with E-state index in [0.29, 0.717) is 43.1 Å². The molecule has 0 spiro atoms. The first-order valence-corrected chi connectivity index (χ1v) is 10.7. The van der Waals surface area contributed by atoms with Crippen LogP contribution in [0.5, 0.6) is 0 Å². The summed E-state index contributed by atoms with van der Waals surface area (Å²) in [5.41, 5.74) is 0.0501. The molecular weight excluding hydrogens is 400 g/mol. The first kappa shape index (κ1) is 19.6. The molecule has 0 bridgehead atoms. The topological polar surface area (TPSA) is 136 Å². The second kappa shape index (κ2) is 6.66. The fourth-order valence-electron chi connectivity index (χ4n) is 3.88. The summed E-state index contributed by atoms with van der Waals surface area (Å²) in [6.07, 6.45) is 1.08. The summed E-state index contributed by atoms with van der Waals surface area (Å²) in [7, 11) is -0.705. The number of fused-ring (bicyclic) bond motifs is 1. The van der Waals surface area contributed by atoms with Crippen molar-refractivity contribution in [1.82, 2.24) is 28.6 Å². The molecule has 12 heteroatoms. The van der Waals surface area contributed by atoms with Crippen LogP contribution >= 0.6 is 0 Å². The Balaban J connectivity index is 1.61. The Labute approximate surface area is 166 Å². The Morgan fingerprint density at radius 2 is 1.76 bits per heavy atom. The molecule has 0 radical (unpaired) electrons. The van der Waals surface area contributed by atoms with Crippen molar-refractivity contribution in [3.63, 3.8) is 0 Å². The van der Waals surface area contributed by atoms with Crippen molar-refractivity contribution in [2.45, 2.75) is 37.5 Å². The molecule has 1 saturated heterocycles. The molecule has 1 aliphatic rings. The average molecular weight is 422 g/mol. The minimum Gasteiger partial charge on any atom is -0.360 e. The van der Waals surface area contributed by atoms with Crippen LogP contribution in [0.15, 0.2) is 19.0 Å². The van der Waals surface area contributed by atoms with Crippen LogP contribution in [-0.2, 0) is 24.1 Å². The molecule has 4 heterocycles. The van der Waals surface area contributed by atoms with Gasteiger partial charge < -0.3 is 9.51 Å². The lowest BCUT2D eigenvalue weighted by atomic mass is 9.97. The van der Waals surface area contributed by atoms with Crippen LogP contribution in [0.3, 0.4) is 0 Å². The molecule has 3 aromatic rings. The lowest BCUT2D eigenvalue weighted by molar-refractivity contribution is 0.313. The molecule has 0 aliphatic carbocycles. The zero-order valence-corrected chi connectivity index (χ0v) is 17.4. The highest BCUT2D eigenvalue weighted by atomic mass is 32.2. The first-order valence-electron chi connectivity index (χ1n) is 9.21. The maximum Gasteiger partial charge on any atom is 0.332 e. The number of imidazole rings is 1. The monoisotopic (exact) mass is 422 g/mol. The number of hydrogen-bond donors (Lipinski definition) is 1. The van der Waals surface area contributed by atoms with Crippen LogP contribution in [0.2, 0.25) is 0 Å². The Bertz CT molecular complexity index is 1300. The number of nitrogens with zero attached hydrogens (tertiary/aromatic N) is 5. The Kier molecular flexibility index (Phi) is 4.50. The lowest BCUT2D eigenvalue weighted by Crippen LogP contribution is -2.38. The smallest absolute Gasteiger partial charge is 0.332 e. The molecule has 3 aromatic heterocycles. The molecule has 11 nitrogen and oxygen atoms in total. The third-order valence-corrected chi connectivity index (χ3v) is 7.66. The Hall–Kier alpha value is -2.73. The van der Waals surface area contributed by atoms with Crippen LogP contribution in [0.25, 0.3) is 11.2 Å². The SMILES string of the molecule is Cc1noc(C)c1S(=O)(=O)N1CCC(c2nc3c([nH]2)c(=O)n(C)c(=O)n3C)CC1. The summed E-state index contributed by atoms with van der Waals surface area (Å²) in [4.78, 5) is 32.1. The standard InChI is InChI=1S/C17H22N6O5S/c1-9-13(10(2)28-20-9)29(26,27)23-7-5-11(6-8-23)14-18-12-15(19-14)21(3)17(25)22(4)16(12)24/h11H,5-8H2,1-4H3,(H,18,19). The Morgan fingerprint density at radius 1 is 1.10 bits per heavy atom. The third kappa shape index (κ3) is 2.94. The molecule has 29 heavy (non-hydrogen) atoms. The highest BCUT2D eigenvalue weighted by molar-refractivity contribution is 7.89. The lowest BCUT2D eigenvalue weighted by Gasteiger charge is -2.30. The van der Waals surface area contributed by atoms with E-state index in [1.807, 2.05) is 0 Å². The number of piperidine rings is 1. The van der Waals surface area contributed by atoms with E-state index in [0.717, 1.165) is 4.57 Å². The summed E-state index contributed by atoms with van der Waals surface area (Å²) in [6, 6.07) is 0. The molecular formula is C17H22N6O5S. The second-order valence-corrected chi connectivity index (χ2v) is 9.23. The van der Waals surface area contributed by atoms with Crippen molar-refractivity contribution in [2.24, 2.45) is 14.1 Å². The van der Waals surface area contributed by atoms with E-state index in [1.165, 1.54) is 15.9 Å². The van der Waals surface area contributed by atoms with Gasteiger partial charge in [-0.15, -0.1) is 0 Å². The van der Waals surface area contributed by atoms with E-state index >= 15 is 0 Å². The van der Waals surface area contributed by atoms with Gasteiger partial charge in [-0.2, -0.15) is 4.31 Å². The summed E-state index contributed by atoms with van der Waals surface area (Å²) in [6.45, 7) is 3.81. The van der Waals surface area contributed by atoms with Crippen LogP contribution in [0.1, 0.15) is 36.0 Å². The van der Waals surface area contributed by atoms with E-state index in [-0.39, 0.29) is 22.1 Å². The molecule has 0 atom stereocenters. The number of H-pyrrole nitrogens is 1. The van der Waals surface area contributed by atoms with Crippen LogP contribution in [0, 0.1) is 13.8 Å². The predicted octanol–water partition coefficient (Wildman–Crippen LogP) is 0.133. The van der Waals surface area contributed by atoms with Crippen molar-refractivity contribution in [2.75, 3.05) is 13.1 Å². The summed E-state index contributed by atoms with van der Waals surface area (Å²) in [5, 5.41) is 3.74. The van der Waals surface area contributed by atoms with Gasteiger partial charge in [0, 0.05) is 33.1 Å². The van der Waals surface area contributed by atoms with Crippen molar-refractivity contribution in [3.8, 4) is 0 Å². The van der Waals surface area contributed by atoms with E-state index in [1.54, 1.807) is 20.9 Å². The van der Waals surface area contributed by atoms with Crippen molar-refractivity contribution in [1.29, 1.82) is 0 Å². The Morgan fingerprint density at radius 3 is 2.34 bits per heavy atom. The highest BCUT2D eigenvalue weighted by Crippen LogP contribution is 2.31. The summed E-state index contributed by atoms with van der Waals surface area (Å²) >= 11 is 0. The van der Waals surface area contributed by atoms with Crippen LogP contribution in [-0.4, -0.2) is 50.1 Å². The number of aryl methyl sites for hydroxylation is 3. The number of rotatable bonds is 3. The molecule has 0 unspecified atom stereocenters. The number of sulfonamides is 1. The maximum atomic E-state index is 13.0. The fraction of sp³-hybridized carbons (Fsp3) is 0.529. The first-order chi connectivity index (χ1) is 13.6. The van der Waals surface area contributed by atoms with E-state index < -0.39 is 21.3 Å². The third-order valence-electron chi connectivity index (χ3n) is 5.52. The molecule has 1 N–H and O–H groups in total. The summed E-state index contributed by atoms with van der Waals surface area (Å²) < 4.78 is 34.7. The van der Waals surface area contributed by atoms with Gasteiger partial charge in [-0.3, -0.25) is 13.9 Å². The van der Waals surface area contributed by atoms with Crippen LogP contribution in [0.4, 0.5) is 0 Å². The van der Waals surface area contributed by atoms with E-state index in [2.05, 4.69) is 15.1 Å². The molecule has 0 amide bonds. The summed E-state index contributed by atoms with van der Waals surface area (Å²) in [5.74, 6) is 0.824. The maximum absolute atomic E-state index is 13.0. The molecule has 1 fully saturated rings. The van der Waals surface area contributed by atoms with E-state index in [4.69, 9.17) is 4.52 Å². The molecule has 0 saturated carbocycles. The van der Waals surface area contributed by atoms with Crippen molar-refractivity contribution in [3.05, 3.63) is 38.1 Å². The number of hydrogen-bond acceptors (Lipinski definition) is 7. The zero-order valence-electron chi connectivity index (χ0n) is 16.6. The number of aromatic amines is 1. The molecule has 0 aromatic carbocycles. The molecule has 1 aliphatic heterocycles. The van der Waals surface area contributed by atoms with Gasteiger partial charge in [-0.05, 0) is 26.7 Å². The van der Waals surface area contributed by atoms with Gasteiger partial charge in [0.05, 0.1) is 0 Å². The largest absolute Gasteiger partial charge is 0.360 e. The van der Waals surface area contributed by atoms with Gasteiger partial charge in [0.25, 0.3) is 5.56 Å². The van der Waals surface area contributed by atoms with Crippen LogP contribution < -0.4 is 11.2 Å². The second-order valence-electron chi connectivity index (χ2n) is 7.36.